The van der Waals surface area contributed by atoms with E-state index in [0.717, 1.165) is 29.1 Å². The molecule has 0 aliphatic carbocycles. The van der Waals surface area contributed by atoms with Crippen molar-refractivity contribution in [2.75, 3.05) is 0 Å². The van der Waals surface area contributed by atoms with Gasteiger partial charge in [0.15, 0.2) is 0 Å². The molecule has 0 heterocycles. The second kappa shape index (κ2) is 7.80. The summed E-state index contributed by atoms with van der Waals surface area (Å²) in [4.78, 5) is 8.74. The van der Waals surface area contributed by atoms with Crippen LogP contribution in [-0.2, 0) is 0 Å². The van der Waals surface area contributed by atoms with Crippen molar-refractivity contribution in [2.45, 2.75) is 41.0 Å². The van der Waals surface area contributed by atoms with Gasteiger partial charge < -0.3 is 0 Å². The molecule has 0 bridgehead atoms. The van der Waals surface area contributed by atoms with Gasteiger partial charge in [-0.1, -0.05) is 25.7 Å². The summed E-state index contributed by atoms with van der Waals surface area (Å²) in [5, 5.41) is 0. The minimum absolute atomic E-state index is 0.800. The average Bonchev–Trinajstić information content (AvgIpc) is 2.26. The molecule has 0 saturated carbocycles. The van der Waals surface area contributed by atoms with Crippen LogP contribution in [0.15, 0.2) is 45.7 Å². The van der Waals surface area contributed by atoms with Gasteiger partial charge in [0.1, 0.15) is 0 Å². The van der Waals surface area contributed by atoms with Crippen molar-refractivity contribution < 1.29 is 0 Å². The number of allylic oxidation sites excluding steroid dienone is 5. The lowest BCUT2D eigenvalue weighted by Crippen LogP contribution is -1.99. The Hall–Kier alpha value is -1.44. The lowest BCUT2D eigenvalue weighted by atomic mass is 10.2. The van der Waals surface area contributed by atoms with Gasteiger partial charge in [-0.25, -0.2) is 0 Å². The summed E-state index contributed by atoms with van der Waals surface area (Å²) in [7, 11) is 0. The summed E-state index contributed by atoms with van der Waals surface area (Å²) >= 11 is 0. The second-order valence-electron chi connectivity index (χ2n) is 3.57. The highest BCUT2D eigenvalue weighted by molar-refractivity contribution is 6.15. The van der Waals surface area contributed by atoms with Crippen LogP contribution in [0, 0.1) is 0 Å². The monoisotopic (exact) mass is 218 g/mol. The van der Waals surface area contributed by atoms with Gasteiger partial charge in [0.05, 0.1) is 0 Å². The molecule has 0 aromatic carbocycles. The third-order valence-corrected chi connectivity index (χ3v) is 2.16. The Kier molecular flexibility index (Phi) is 7.10. The molecule has 0 aromatic rings. The molecule has 0 aromatic heterocycles. The van der Waals surface area contributed by atoms with Gasteiger partial charge in [-0.2, -0.15) is 0 Å². The summed E-state index contributed by atoms with van der Waals surface area (Å²) in [5.74, 6) is 0. The molecule has 0 unspecified atom stereocenters. The van der Waals surface area contributed by atoms with Crippen LogP contribution in [0.5, 0.6) is 0 Å². The normalized spacial score (nSPS) is 14.7. The first-order valence-corrected chi connectivity index (χ1v) is 5.61. The van der Waals surface area contributed by atoms with E-state index in [-0.39, 0.29) is 0 Å². The summed E-state index contributed by atoms with van der Waals surface area (Å²) in [5.41, 5.74) is 3.92. The number of hydrogen-bond donors (Lipinski definition) is 0. The van der Waals surface area contributed by atoms with Crippen LogP contribution in [0.1, 0.15) is 41.0 Å². The third kappa shape index (κ3) is 5.44. The van der Waals surface area contributed by atoms with Crippen molar-refractivity contribution in [3.63, 3.8) is 0 Å². The summed E-state index contributed by atoms with van der Waals surface area (Å²) < 4.78 is 0. The van der Waals surface area contributed by atoms with Crippen molar-refractivity contribution in [3.8, 4) is 0 Å². The van der Waals surface area contributed by atoms with E-state index in [1.807, 2.05) is 46.1 Å². The van der Waals surface area contributed by atoms with Gasteiger partial charge in [0.2, 0.25) is 0 Å². The second-order valence-corrected chi connectivity index (χ2v) is 3.57. The SMILES string of the molecule is C=C(C)N=CC(=C\C)/C(C)=N/C(=C\C)CC. The lowest BCUT2D eigenvalue weighted by Gasteiger charge is -2.02. The van der Waals surface area contributed by atoms with Crippen LogP contribution >= 0.6 is 0 Å². The van der Waals surface area contributed by atoms with Gasteiger partial charge in [-0.05, 0) is 34.1 Å². The fraction of sp³-hybridized carbons (Fsp3) is 0.429. The Morgan fingerprint density at radius 1 is 1.19 bits per heavy atom. The molecule has 2 heteroatoms. The first kappa shape index (κ1) is 14.6. The van der Waals surface area contributed by atoms with Crippen LogP contribution < -0.4 is 0 Å². The molecule has 0 radical (unpaired) electrons. The fourth-order valence-corrected chi connectivity index (χ4v) is 1.18. The molecule has 0 fully saturated rings. The summed E-state index contributed by atoms with van der Waals surface area (Å²) in [6.07, 6.45) is 6.80. The molecule has 0 aliphatic rings. The molecule has 0 spiro atoms. The van der Waals surface area contributed by atoms with E-state index in [0.29, 0.717) is 0 Å². The Morgan fingerprint density at radius 3 is 2.19 bits per heavy atom. The summed E-state index contributed by atoms with van der Waals surface area (Å²) in [6, 6.07) is 0. The topological polar surface area (TPSA) is 24.7 Å². The molecule has 0 saturated heterocycles. The van der Waals surface area contributed by atoms with Gasteiger partial charge in [0, 0.05) is 28.9 Å². The van der Waals surface area contributed by atoms with Crippen LogP contribution in [0.4, 0.5) is 0 Å². The quantitative estimate of drug-likeness (QED) is 0.614. The number of nitrogens with zero attached hydrogens (tertiary/aromatic N) is 2. The molecule has 16 heavy (non-hydrogen) atoms. The Bertz CT molecular complexity index is 355. The van der Waals surface area contributed by atoms with Gasteiger partial charge in [0.25, 0.3) is 0 Å². The van der Waals surface area contributed by atoms with E-state index in [1.54, 1.807) is 0 Å². The van der Waals surface area contributed by atoms with E-state index < -0.39 is 0 Å². The average molecular weight is 218 g/mol. The van der Waals surface area contributed by atoms with Crippen LogP contribution in [-0.4, -0.2) is 11.9 Å². The highest BCUT2D eigenvalue weighted by Gasteiger charge is 1.98. The molecule has 2 nitrogen and oxygen atoms in total. The minimum atomic E-state index is 0.800. The zero-order chi connectivity index (χ0) is 12.6. The molecule has 0 atom stereocenters. The molecule has 0 amide bonds. The molecule has 0 aliphatic heterocycles. The Morgan fingerprint density at radius 2 is 1.81 bits per heavy atom. The van der Waals surface area contributed by atoms with Crippen molar-refractivity contribution in [1.82, 2.24) is 0 Å². The predicted molar refractivity (Wildman–Crippen MR) is 74.2 cm³/mol. The van der Waals surface area contributed by atoms with Gasteiger partial charge in [-0.3, -0.25) is 9.98 Å². The number of rotatable bonds is 5. The lowest BCUT2D eigenvalue weighted by molar-refractivity contribution is 1.06. The Labute approximate surface area is 99.2 Å². The molecule has 88 valence electrons. The largest absolute Gasteiger partial charge is 0.262 e. The predicted octanol–water partition coefficient (Wildman–Crippen LogP) is 4.31. The maximum absolute atomic E-state index is 4.55. The fourth-order valence-electron chi connectivity index (χ4n) is 1.18. The van der Waals surface area contributed by atoms with E-state index in [1.165, 1.54) is 0 Å². The van der Waals surface area contributed by atoms with Gasteiger partial charge >= 0.3 is 0 Å². The molecule has 0 N–H and O–H groups in total. The van der Waals surface area contributed by atoms with E-state index in [2.05, 4.69) is 23.5 Å². The van der Waals surface area contributed by atoms with Gasteiger partial charge in [-0.15, -0.1) is 0 Å². The van der Waals surface area contributed by atoms with E-state index >= 15 is 0 Å². The first-order valence-electron chi connectivity index (χ1n) is 5.61. The van der Waals surface area contributed by atoms with Crippen molar-refractivity contribution in [3.05, 3.63) is 35.7 Å². The maximum atomic E-state index is 4.55. The van der Waals surface area contributed by atoms with E-state index in [4.69, 9.17) is 0 Å². The molecule has 0 rings (SSSR count). The highest BCUT2D eigenvalue weighted by atomic mass is 14.8. The van der Waals surface area contributed by atoms with Crippen molar-refractivity contribution >= 4 is 11.9 Å². The van der Waals surface area contributed by atoms with Crippen LogP contribution in [0.3, 0.4) is 0 Å². The van der Waals surface area contributed by atoms with E-state index in [9.17, 15) is 0 Å². The zero-order valence-electron chi connectivity index (χ0n) is 11.0. The maximum Gasteiger partial charge on any atom is 0.0460 e. The van der Waals surface area contributed by atoms with Crippen molar-refractivity contribution in [2.24, 2.45) is 9.98 Å². The molecular formula is C14H22N2. The standard InChI is InChI=1S/C14H22N2/c1-7-13(10-15-11(4)5)12(6)16-14(8-2)9-3/h7-8,10H,4,9H2,1-3,5-6H3/b13-7+,14-8-,15-10?,16-12+. The highest BCUT2D eigenvalue weighted by Crippen LogP contribution is 2.06. The number of hydrogen-bond acceptors (Lipinski definition) is 2. The number of aliphatic imine (C=N–C) groups is 2. The zero-order valence-corrected chi connectivity index (χ0v) is 11.0. The van der Waals surface area contributed by atoms with Crippen LogP contribution in [0.25, 0.3) is 0 Å². The minimum Gasteiger partial charge on any atom is -0.262 e. The third-order valence-electron chi connectivity index (χ3n) is 2.16. The summed E-state index contributed by atoms with van der Waals surface area (Å²) in [6.45, 7) is 13.7. The molecular weight excluding hydrogens is 196 g/mol. The van der Waals surface area contributed by atoms with Crippen LogP contribution in [0.2, 0.25) is 0 Å². The Balaban J connectivity index is 4.93. The smallest absolute Gasteiger partial charge is 0.0460 e. The first-order chi connectivity index (χ1) is 7.54. The van der Waals surface area contributed by atoms with Crippen molar-refractivity contribution in [1.29, 1.82) is 0 Å².